The quantitative estimate of drug-likeness (QED) is 0.539. The average molecular weight is 379 g/mol. The van der Waals surface area contributed by atoms with E-state index in [4.69, 9.17) is 0 Å². The van der Waals surface area contributed by atoms with Crippen LogP contribution in [0.3, 0.4) is 0 Å². The summed E-state index contributed by atoms with van der Waals surface area (Å²) in [5, 5.41) is 14.6. The Morgan fingerprint density at radius 3 is 2.56 bits per heavy atom. The van der Waals surface area contributed by atoms with Gasteiger partial charge in [0.25, 0.3) is 0 Å². The van der Waals surface area contributed by atoms with Crippen LogP contribution in [0.25, 0.3) is 20.4 Å². The normalized spacial score (nSPS) is 12.0. The molecule has 4 aromatic rings. The maximum atomic E-state index is 10.1. The minimum Gasteiger partial charge on any atom is -0.386 e. The van der Waals surface area contributed by atoms with Crippen LogP contribution in [0, 0.1) is 13.8 Å². The second kappa shape index (κ2) is 6.55. The number of benzene rings is 1. The molecule has 0 aliphatic heterocycles. The van der Waals surface area contributed by atoms with E-state index in [0.717, 1.165) is 43.1 Å². The number of thiophene rings is 1. The summed E-state index contributed by atoms with van der Waals surface area (Å²) in [6, 6.07) is 10.1. The van der Waals surface area contributed by atoms with Crippen LogP contribution in [0.15, 0.2) is 36.7 Å². The average Bonchev–Trinajstić information content (AvgIpc) is 2.98. The topological polar surface area (TPSA) is 70.9 Å². The van der Waals surface area contributed by atoms with E-state index in [1.807, 2.05) is 31.2 Å². The molecule has 0 fully saturated rings. The Morgan fingerprint density at radius 1 is 1.11 bits per heavy atom. The smallest absolute Gasteiger partial charge is 0.147 e. The van der Waals surface area contributed by atoms with Gasteiger partial charge >= 0.3 is 0 Å². The highest BCUT2D eigenvalue weighted by Crippen LogP contribution is 2.36. The summed E-state index contributed by atoms with van der Waals surface area (Å²) in [4.78, 5) is 14.6. The van der Waals surface area contributed by atoms with Crippen LogP contribution in [0.4, 0.5) is 5.82 Å². The maximum absolute atomic E-state index is 10.1. The highest BCUT2D eigenvalue weighted by Gasteiger charge is 2.16. The molecular weight excluding hydrogens is 356 g/mol. The minimum absolute atomic E-state index is 0.651. The fraction of sp³-hybridized carbons (Fsp3) is 0.286. The Balaban J connectivity index is 1.65. The number of aromatic nitrogens is 3. The summed E-state index contributed by atoms with van der Waals surface area (Å²) in [5.74, 6) is 0.826. The second-order valence-electron chi connectivity index (χ2n) is 7.37. The van der Waals surface area contributed by atoms with Crippen LogP contribution in [0.2, 0.25) is 0 Å². The van der Waals surface area contributed by atoms with Gasteiger partial charge in [-0.05, 0) is 50.5 Å². The number of hydrogen-bond acceptors (Lipinski definition) is 6. The van der Waals surface area contributed by atoms with Gasteiger partial charge in [0.2, 0.25) is 0 Å². The molecule has 3 aromatic heterocycles. The number of nitrogens with zero attached hydrogens (tertiary/aromatic N) is 3. The van der Waals surface area contributed by atoms with Crippen LogP contribution in [0.5, 0.6) is 0 Å². The van der Waals surface area contributed by atoms with Crippen molar-refractivity contribution in [2.24, 2.45) is 0 Å². The van der Waals surface area contributed by atoms with Crippen molar-refractivity contribution in [3.63, 3.8) is 0 Å². The number of pyridine rings is 1. The van der Waals surface area contributed by atoms with Crippen LogP contribution in [0.1, 0.15) is 36.2 Å². The molecule has 0 amide bonds. The maximum Gasteiger partial charge on any atom is 0.147 e. The summed E-state index contributed by atoms with van der Waals surface area (Å²) in [7, 11) is 0. The second-order valence-corrected chi connectivity index (χ2v) is 8.37. The molecule has 0 aliphatic rings. The highest BCUT2D eigenvalue weighted by molar-refractivity contribution is 7.26. The van der Waals surface area contributed by atoms with Gasteiger partial charge in [0.1, 0.15) is 17.0 Å². The molecule has 0 saturated heterocycles. The molecule has 4 rings (SSSR count). The van der Waals surface area contributed by atoms with Crippen molar-refractivity contribution in [3.05, 3.63) is 59.0 Å². The zero-order chi connectivity index (χ0) is 19.2. The predicted molar refractivity (Wildman–Crippen MR) is 111 cm³/mol. The number of hydrogen-bond donors (Lipinski definition) is 2. The van der Waals surface area contributed by atoms with Gasteiger partial charge in [-0.3, -0.25) is 0 Å². The molecule has 0 aliphatic carbocycles. The molecule has 0 saturated carbocycles. The van der Waals surface area contributed by atoms with Gasteiger partial charge in [-0.1, -0.05) is 24.3 Å². The van der Waals surface area contributed by atoms with Crippen molar-refractivity contribution in [2.75, 3.05) is 5.32 Å². The van der Waals surface area contributed by atoms with E-state index >= 15 is 0 Å². The van der Waals surface area contributed by atoms with E-state index in [2.05, 4.69) is 33.3 Å². The molecule has 5 nitrogen and oxygen atoms in total. The van der Waals surface area contributed by atoms with Crippen molar-refractivity contribution >= 4 is 37.6 Å². The lowest BCUT2D eigenvalue weighted by molar-refractivity contribution is 0.0786. The monoisotopic (exact) mass is 378 g/mol. The molecule has 1 aromatic carbocycles. The van der Waals surface area contributed by atoms with E-state index in [-0.39, 0.29) is 0 Å². The highest BCUT2D eigenvalue weighted by atomic mass is 32.1. The number of nitrogens with one attached hydrogen (secondary N) is 1. The molecule has 0 bridgehead atoms. The molecule has 27 heavy (non-hydrogen) atoms. The lowest BCUT2D eigenvalue weighted by atomic mass is 9.97. The molecule has 0 radical (unpaired) electrons. The predicted octanol–water partition coefficient (Wildman–Crippen LogP) is 4.70. The van der Waals surface area contributed by atoms with Gasteiger partial charge in [0.05, 0.1) is 15.8 Å². The number of anilines is 1. The molecule has 2 N–H and O–H groups in total. The van der Waals surface area contributed by atoms with E-state index in [9.17, 15) is 5.11 Å². The summed E-state index contributed by atoms with van der Waals surface area (Å²) >= 11 is 1.63. The third-order valence-electron chi connectivity index (χ3n) is 4.67. The third kappa shape index (κ3) is 3.38. The fourth-order valence-corrected chi connectivity index (χ4v) is 4.47. The van der Waals surface area contributed by atoms with Crippen LogP contribution in [-0.2, 0) is 12.1 Å². The van der Waals surface area contributed by atoms with Crippen LogP contribution in [-0.4, -0.2) is 20.1 Å². The van der Waals surface area contributed by atoms with Crippen molar-refractivity contribution in [2.45, 2.75) is 39.8 Å². The van der Waals surface area contributed by atoms with Crippen LogP contribution >= 0.6 is 11.3 Å². The van der Waals surface area contributed by atoms with Crippen molar-refractivity contribution in [1.82, 2.24) is 15.0 Å². The lowest BCUT2D eigenvalue weighted by Gasteiger charge is -2.18. The first-order valence-corrected chi connectivity index (χ1v) is 9.72. The minimum atomic E-state index is -0.829. The zero-order valence-electron chi connectivity index (χ0n) is 15.9. The molecule has 138 valence electrons. The molecule has 0 atom stereocenters. The molecular formula is C21H22N4OS. The van der Waals surface area contributed by atoms with Crippen LogP contribution < -0.4 is 5.32 Å². The van der Waals surface area contributed by atoms with Crippen molar-refractivity contribution in [1.29, 1.82) is 0 Å². The Labute approximate surface area is 162 Å². The summed E-state index contributed by atoms with van der Waals surface area (Å²) in [6.45, 7) is 8.34. The molecule has 0 spiro atoms. The van der Waals surface area contributed by atoms with Gasteiger partial charge in [0.15, 0.2) is 0 Å². The molecule has 6 heteroatoms. The number of rotatable bonds is 4. The van der Waals surface area contributed by atoms with Gasteiger partial charge < -0.3 is 10.4 Å². The number of aliphatic hydroxyl groups is 1. The Kier molecular flexibility index (Phi) is 4.32. The Hall–Kier alpha value is -2.57. The van der Waals surface area contributed by atoms with Gasteiger partial charge in [-0.25, -0.2) is 15.0 Å². The van der Waals surface area contributed by atoms with E-state index in [1.54, 1.807) is 31.5 Å². The molecule has 3 heterocycles. The lowest BCUT2D eigenvalue weighted by Crippen LogP contribution is -2.15. The molecule has 0 unspecified atom stereocenters. The zero-order valence-corrected chi connectivity index (χ0v) is 16.7. The van der Waals surface area contributed by atoms with Gasteiger partial charge in [0, 0.05) is 17.6 Å². The van der Waals surface area contributed by atoms with Gasteiger partial charge in [-0.15, -0.1) is 11.3 Å². The van der Waals surface area contributed by atoms with Crippen molar-refractivity contribution < 1.29 is 5.11 Å². The van der Waals surface area contributed by atoms with E-state index in [0.29, 0.717) is 6.54 Å². The Bertz CT molecular complexity index is 1130. The largest absolute Gasteiger partial charge is 0.386 e. The summed E-state index contributed by atoms with van der Waals surface area (Å²) in [5.41, 5.74) is 4.36. The summed E-state index contributed by atoms with van der Waals surface area (Å²) in [6.07, 6.45) is 1.60. The SMILES string of the molecule is Cc1cc(C)c2c(n1)sc1c(NCc3ccc(C(C)(C)O)cc3)ncnc12. The van der Waals surface area contributed by atoms with E-state index < -0.39 is 5.60 Å². The number of fused-ring (bicyclic) bond motifs is 3. The number of aryl methyl sites for hydroxylation is 2. The standard InChI is InChI=1S/C21H22N4OS/c1-12-9-13(2)25-20-16(12)17-18(27-20)19(24-11-23-17)22-10-14-5-7-15(8-6-14)21(3,4)26/h5-9,11,26H,10H2,1-4H3,(H,22,23,24). The first-order chi connectivity index (χ1) is 12.8. The van der Waals surface area contributed by atoms with E-state index in [1.165, 1.54) is 5.56 Å². The Morgan fingerprint density at radius 2 is 1.85 bits per heavy atom. The van der Waals surface area contributed by atoms with Gasteiger partial charge in [-0.2, -0.15) is 0 Å². The van der Waals surface area contributed by atoms with Crippen molar-refractivity contribution in [3.8, 4) is 0 Å². The first-order valence-electron chi connectivity index (χ1n) is 8.90. The fourth-order valence-electron chi connectivity index (χ4n) is 3.25. The third-order valence-corrected chi connectivity index (χ3v) is 5.75. The first kappa shape index (κ1) is 17.8. The summed E-state index contributed by atoms with van der Waals surface area (Å²) < 4.78 is 1.03.